The predicted molar refractivity (Wildman–Crippen MR) is 128 cm³/mol. The van der Waals surface area contributed by atoms with Crippen LogP contribution in [0.25, 0.3) is 0 Å². The standard InChI is InChI=1S/C25H32N2O6S/c1-18(19-6-9-23-24(17-19)33-15-14-32-23)26-25(28)11-7-20-16-21(8-10-22(20)31-2)34(29,30)27-12-4-3-5-13-27/h6,8-10,16-18H,3-5,7,11-15H2,1-2H3,(H,26,28)/t18-/m1/s1. The van der Waals surface area contributed by atoms with E-state index in [-0.39, 0.29) is 23.3 Å². The van der Waals surface area contributed by atoms with Gasteiger partial charge in [-0.15, -0.1) is 0 Å². The molecule has 2 aromatic rings. The second-order valence-electron chi connectivity index (χ2n) is 8.63. The van der Waals surface area contributed by atoms with Gasteiger partial charge in [-0.05, 0) is 67.6 Å². The van der Waals surface area contributed by atoms with Crippen molar-refractivity contribution >= 4 is 15.9 Å². The van der Waals surface area contributed by atoms with Crippen LogP contribution in [0.2, 0.25) is 0 Å². The molecule has 0 aromatic heterocycles. The zero-order valence-corrected chi connectivity index (χ0v) is 20.5. The molecule has 2 heterocycles. The number of nitrogens with one attached hydrogen (secondary N) is 1. The van der Waals surface area contributed by atoms with Crippen LogP contribution in [0, 0.1) is 0 Å². The highest BCUT2D eigenvalue weighted by molar-refractivity contribution is 7.89. The van der Waals surface area contributed by atoms with Gasteiger partial charge in [-0.1, -0.05) is 12.5 Å². The number of carbonyl (C=O) groups is 1. The van der Waals surface area contributed by atoms with Crippen molar-refractivity contribution in [1.29, 1.82) is 0 Å². The summed E-state index contributed by atoms with van der Waals surface area (Å²) >= 11 is 0. The molecule has 2 aliphatic heterocycles. The van der Waals surface area contributed by atoms with Crippen LogP contribution in [0.4, 0.5) is 0 Å². The largest absolute Gasteiger partial charge is 0.496 e. The molecule has 2 aromatic carbocycles. The van der Waals surface area contributed by atoms with Crippen LogP contribution >= 0.6 is 0 Å². The van der Waals surface area contributed by atoms with Crippen LogP contribution in [0.15, 0.2) is 41.3 Å². The Bertz CT molecular complexity index is 1130. The number of hydrogen-bond donors (Lipinski definition) is 1. The summed E-state index contributed by atoms with van der Waals surface area (Å²) in [6, 6.07) is 10.3. The molecule has 4 rings (SSSR count). The number of rotatable bonds is 8. The molecule has 1 N–H and O–H groups in total. The molecule has 8 nitrogen and oxygen atoms in total. The Labute approximate surface area is 201 Å². The highest BCUT2D eigenvalue weighted by Gasteiger charge is 2.27. The first-order chi connectivity index (χ1) is 16.4. The molecule has 9 heteroatoms. The van der Waals surface area contributed by atoms with Crippen molar-refractivity contribution in [2.24, 2.45) is 0 Å². The fraction of sp³-hybridized carbons (Fsp3) is 0.480. The summed E-state index contributed by atoms with van der Waals surface area (Å²) in [6.45, 7) is 4.04. The van der Waals surface area contributed by atoms with E-state index in [1.54, 1.807) is 29.6 Å². The van der Waals surface area contributed by atoms with E-state index in [1.165, 1.54) is 0 Å². The van der Waals surface area contributed by atoms with E-state index in [0.29, 0.717) is 55.5 Å². The minimum atomic E-state index is -3.56. The first kappa shape index (κ1) is 24.3. The quantitative estimate of drug-likeness (QED) is 0.612. The number of aryl methyl sites for hydroxylation is 1. The lowest BCUT2D eigenvalue weighted by Crippen LogP contribution is -2.35. The number of benzene rings is 2. The van der Waals surface area contributed by atoms with Gasteiger partial charge in [0.25, 0.3) is 0 Å². The second kappa shape index (κ2) is 10.7. The van der Waals surface area contributed by atoms with E-state index in [4.69, 9.17) is 14.2 Å². The summed E-state index contributed by atoms with van der Waals surface area (Å²) in [5.41, 5.74) is 1.62. The van der Waals surface area contributed by atoms with E-state index in [0.717, 1.165) is 24.8 Å². The number of sulfonamides is 1. The molecular weight excluding hydrogens is 456 g/mol. The summed E-state index contributed by atoms with van der Waals surface area (Å²) < 4.78 is 44.3. The fourth-order valence-electron chi connectivity index (χ4n) is 4.34. The normalized spacial score (nSPS) is 17.1. The third-order valence-corrected chi connectivity index (χ3v) is 8.16. The van der Waals surface area contributed by atoms with Gasteiger partial charge >= 0.3 is 0 Å². The summed E-state index contributed by atoms with van der Waals surface area (Å²) in [7, 11) is -2.01. The number of piperidine rings is 1. The number of hydrogen-bond acceptors (Lipinski definition) is 6. The van der Waals surface area contributed by atoms with Gasteiger partial charge in [-0.25, -0.2) is 8.42 Å². The zero-order chi connectivity index (χ0) is 24.1. The molecule has 0 spiro atoms. The van der Waals surface area contributed by atoms with Crippen molar-refractivity contribution in [3.05, 3.63) is 47.5 Å². The molecule has 1 saturated heterocycles. The number of ether oxygens (including phenoxy) is 3. The van der Waals surface area contributed by atoms with E-state index in [2.05, 4.69) is 5.32 Å². The van der Waals surface area contributed by atoms with Gasteiger partial charge < -0.3 is 19.5 Å². The lowest BCUT2D eigenvalue weighted by molar-refractivity contribution is -0.121. The van der Waals surface area contributed by atoms with Gasteiger partial charge in [-0.3, -0.25) is 4.79 Å². The van der Waals surface area contributed by atoms with Crippen LogP contribution in [-0.4, -0.2) is 52.0 Å². The van der Waals surface area contributed by atoms with Crippen molar-refractivity contribution < 1.29 is 27.4 Å². The first-order valence-corrected chi connectivity index (χ1v) is 13.2. The average Bonchev–Trinajstić information content (AvgIpc) is 2.87. The number of fused-ring (bicyclic) bond motifs is 1. The third-order valence-electron chi connectivity index (χ3n) is 6.27. The number of amides is 1. The Morgan fingerprint density at radius 2 is 1.79 bits per heavy atom. The topological polar surface area (TPSA) is 94.2 Å². The molecule has 1 atom stereocenters. The maximum atomic E-state index is 13.1. The Balaban J connectivity index is 1.41. The Hall–Kier alpha value is -2.78. The van der Waals surface area contributed by atoms with Crippen LogP contribution in [0.1, 0.15) is 49.8 Å². The minimum Gasteiger partial charge on any atom is -0.496 e. The maximum Gasteiger partial charge on any atom is 0.243 e. The van der Waals surface area contributed by atoms with Crippen LogP contribution in [0.3, 0.4) is 0 Å². The highest BCUT2D eigenvalue weighted by Crippen LogP contribution is 2.33. The summed E-state index contributed by atoms with van der Waals surface area (Å²) in [6.07, 6.45) is 3.39. The molecule has 0 aliphatic carbocycles. The molecule has 34 heavy (non-hydrogen) atoms. The Morgan fingerprint density at radius 1 is 1.06 bits per heavy atom. The van der Waals surface area contributed by atoms with Gasteiger partial charge in [0, 0.05) is 19.5 Å². The molecule has 1 amide bonds. The monoisotopic (exact) mass is 488 g/mol. The average molecular weight is 489 g/mol. The Morgan fingerprint density at radius 3 is 2.53 bits per heavy atom. The van der Waals surface area contributed by atoms with E-state index >= 15 is 0 Å². The summed E-state index contributed by atoms with van der Waals surface area (Å²) in [5.74, 6) is 1.83. The SMILES string of the molecule is COc1ccc(S(=O)(=O)N2CCCCC2)cc1CCC(=O)N[C@H](C)c1ccc2c(c1)OCCO2. The second-order valence-corrected chi connectivity index (χ2v) is 10.6. The summed E-state index contributed by atoms with van der Waals surface area (Å²) in [5, 5.41) is 3.00. The number of nitrogens with zero attached hydrogens (tertiary/aromatic N) is 1. The molecule has 0 bridgehead atoms. The predicted octanol–water partition coefficient (Wildman–Crippen LogP) is 3.45. The van der Waals surface area contributed by atoms with Crippen molar-refractivity contribution in [2.75, 3.05) is 33.4 Å². The molecule has 2 aliphatic rings. The fourth-order valence-corrected chi connectivity index (χ4v) is 5.91. The van der Waals surface area contributed by atoms with Gasteiger partial charge in [-0.2, -0.15) is 4.31 Å². The van der Waals surface area contributed by atoms with Crippen LogP contribution < -0.4 is 19.5 Å². The molecule has 0 radical (unpaired) electrons. The van der Waals surface area contributed by atoms with Gasteiger partial charge in [0.15, 0.2) is 11.5 Å². The molecule has 1 fully saturated rings. The molecule has 0 saturated carbocycles. The lowest BCUT2D eigenvalue weighted by atomic mass is 10.1. The van der Waals surface area contributed by atoms with Crippen molar-refractivity contribution in [2.45, 2.75) is 50.0 Å². The Kier molecular flexibility index (Phi) is 7.63. The van der Waals surface area contributed by atoms with E-state index in [9.17, 15) is 13.2 Å². The first-order valence-electron chi connectivity index (χ1n) is 11.7. The van der Waals surface area contributed by atoms with Crippen molar-refractivity contribution in [1.82, 2.24) is 9.62 Å². The molecule has 0 unspecified atom stereocenters. The zero-order valence-electron chi connectivity index (χ0n) is 19.7. The van der Waals surface area contributed by atoms with Crippen LogP contribution in [-0.2, 0) is 21.2 Å². The van der Waals surface area contributed by atoms with E-state index < -0.39 is 10.0 Å². The van der Waals surface area contributed by atoms with Gasteiger partial charge in [0.1, 0.15) is 19.0 Å². The number of methoxy groups -OCH3 is 1. The molecular formula is C25H32N2O6S. The van der Waals surface area contributed by atoms with Crippen LogP contribution in [0.5, 0.6) is 17.2 Å². The molecule has 184 valence electrons. The van der Waals surface area contributed by atoms with Crippen molar-refractivity contribution in [3.8, 4) is 17.2 Å². The minimum absolute atomic E-state index is 0.131. The van der Waals surface area contributed by atoms with E-state index in [1.807, 2.05) is 25.1 Å². The van der Waals surface area contributed by atoms with Crippen molar-refractivity contribution in [3.63, 3.8) is 0 Å². The lowest BCUT2D eigenvalue weighted by Gasteiger charge is -2.26. The van der Waals surface area contributed by atoms with Gasteiger partial charge in [0.05, 0.1) is 18.0 Å². The number of carbonyl (C=O) groups excluding carboxylic acids is 1. The smallest absolute Gasteiger partial charge is 0.243 e. The third kappa shape index (κ3) is 5.47. The van der Waals surface area contributed by atoms with Gasteiger partial charge in [0.2, 0.25) is 15.9 Å². The maximum absolute atomic E-state index is 13.1. The summed E-state index contributed by atoms with van der Waals surface area (Å²) in [4.78, 5) is 12.9. The highest BCUT2D eigenvalue weighted by atomic mass is 32.2.